The lowest BCUT2D eigenvalue weighted by molar-refractivity contribution is -0.131. The Labute approximate surface area is 273 Å². The van der Waals surface area contributed by atoms with Gasteiger partial charge in [0.15, 0.2) is 5.78 Å². The number of nitrogens with zero attached hydrogens (tertiary/aromatic N) is 1. The number of fused-ring (bicyclic) bond motifs is 6. The molecule has 0 spiro atoms. The van der Waals surface area contributed by atoms with Crippen molar-refractivity contribution in [3.05, 3.63) is 186 Å². The van der Waals surface area contributed by atoms with Crippen LogP contribution in [0.1, 0.15) is 34.1 Å². The van der Waals surface area contributed by atoms with Gasteiger partial charge in [0.1, 0.15) is 0 Å². The largest absolute Gasteiger partial charge is 0.298 e. The zero-order valence-electron chi connectivity index (χ0n) is 25.6. The van der Waals surface area contributed by atoms with Crippen LogP contribution in [0.25, 0.3) is 10.8 Å². The van der Waals surface area contributed by atoms with E-state index >= 15 is 14.4 Å². The summed E-state index contributed by atoms with van der Waals surface area (Å²) < 4.78 is 0. The average Bonchev–Trinajstić information content (AvgIpc) is 3.65. The molecule has 226 valence electrons. The molecule has 1 saturated heterocycles. The minimum atomic E-state index is -1.30. The number of amides is 2. The second kappa shape index (κ2) is 10.2. The summed E-state index contributed by atoms with van der Waals surface area (Å²) in [7, 11) is 0. The van der Waals surface area contributed by atoms with Crippen molar-refractivity contribution in [1.82, 2.24) is 0 Å². The molecule has 47 heavy (non-hydrogen) atoms. The van der Waals surface area contributed by atoms with E-state index in [0.717, 1.165) is 33.0 Å². The zero-order chi connectivity index (χ0) is 31.8. The second-order valence-electron chi connectivity index (χ2n) is 13.0. The van der Waals surface area contributed by atoms with Crippen LogP contribution >= 0.6 is 0 Å². The summed E-state index contributed by atoms with van der Waals surface area (Å²) in [6.07, 6.45) is 0. The number of hydrogen-bond donors (Lipinski definition) is 0. The maximum Gasteiger partial charge on any atom is 0.239 e. The topological polar surface area (TPSA) is 54.5 Å². The fraction of sp³-hybridized carbons (Fsp3) is 0.140. The van der Waals surface area contributed by atoms with Crippen molar-refractivity contribution in [1.29, 1.82) is 0 Å². The highest BCUT2D eigenvalue weighted by atomic mass is 16.2. The summed E-state index contributed by atoms with van der Waals surface area (Å²) in [5.41, 5.74) is 1.51. The minimum absolute atomic E-state index is 0.0422. The predicted molar refractivity (Wildman–Crippen MR) is 183 cm³/mol. The summed E-state index contributed by atoms with van der Waals surface area (Å²) in [4.78, 5) is 48.0. The Morgan fingerprint density at radius 1 is 0.404 bits per heavy atom. The molecule has 4 nitrogen and oxygen atoms in total. The van der Waals surface area contributed by atoms with E-state index in [9.17, 15) is 0 Å². The van der Waals surface area contributed by atoms with Crippen molar-refractivity contribution in [2.45, 2.75) is 22.7 Å². The Hall–Kier alpha value is -5.61. The van der Waals surface area contributed by atoms with Crippen LogP contribution in [0.15, 0.2) is 164 Å². The molecule has 3 aliphatic rings. The number of ketones is 1. The van der Waals surface area contributed by atoms with Gasteiger partial charge >= 0.3 is 0 Å². The zero-order valence-corrected chi connectivity index (χ0v) is 25.6. The van der Waals surface area contributed by atoms with Gasteiger partial charge in [-0.25, -0.2) is 4.90 Å². The van der Waals surface area contributed by atoms with E-state index in [2.05, 4.69) is 24.3 Å². The number of benzene rings is 6. The van der Waals surface area contributed by atoms with Gasteiger partial charge < -0.3 is 0 Å². The first kappa shape index (κ1) is 27.7. The standard InChI is InChI=1S/C43H31NO3/c45-39-37-38(40(46)44(39)34-27-15-21-28-16-13-14-26-33(28)34)43(32-24-11-4-12-25-32)36(30-19-7-2-8-20-30)35(29-17-5-1-6-18-29)42(37,41(43)47)31-22-9-3-10-23-31/h1-27,35-38H. The monoisotopic (exact) mass is 609 g/mol. The summed E-state index contributed by atoms with van der Waals surface area (Å²) in [5.74, 6) is -3.26. The molecule has 1 aliphatic heterocycles. The highest BCUT2D eigenvalue weighted by Gasteiger charge is 2.86. The number of imide groups is 1. The first-order chi connectivity index (χ1) is 23.1. The Balaban J connectivity index is 1.42. The number of Topliss-reactive ketones (excluding diaryl/α,β-unsaturated/α-hetero) is 1. The summed E-state index contributed by atoms with van der Waals surface area (Å²) in [6.45, 7) is 0. The number of rotatable bonds is 5. The Morgan fingerprint density at radius 2 is 0.809 bits per heavy atom. The van der Waals surface area contributed by atoms with Crippen LogP contribution in [-0.2, 0) is 25.2 Å². The van der Waals surface area contributed by atoms with Crippen LogP contribution in [0, 0.1) is 11.8 Å². The van der Waals surface area contributed by atoms with Crippen molar-refractivity contribution in [2.24, 2.45) is 11.8 Å². The second-order valence-corrected chi connectivity index (χ2v) is 13.0. The van der Waals surface area contributed by atoms with Gasteiger partial charge in [-0.2, -0.15) is 0 Å². The number of hydrogen-bond acceptors (Lipinski definition) is 3. The van der Waals surface area contributed by atoms with Crippen molar-refractivity contribution < 1.29 is 14.4 Å². The molecule has 4 heteroatoms. The molecule has 6 atom stereocenters. The van der Waals surface area contributed by atoms with Crippen LogP contribution in [-0.4, -0.2) is 17.6 Å². The summed E-state index contributed by atoms with van der Waals surface area (Å²) >= 11 is 0. The van der Waals surface area contributed by atoms with Crippen LogP contribution < -0.4 is 4.90 Å². The highest BCUT2D eigenvalue weighted by molar-refractivity contribution is 6.31. The summed E-state index contributed by atoms with van der Waals surface area (Å²) in [6, 6.07) is 53.4. The molecule has 6 aromatic carbocycles. The molecular formula is C43H31NO3. The Bertz CT molecular complexity index is 2060. The fourth-order valence-electron chi connectivity index (χ4n) is 9.69. The third kappa shape index (κ3) is 3.45. The fourth-order valence-corrected chi connectivity index (χ4v) is 9.69. The first-order valence-electron chi connectivity index (χ1n) is 16.2. The highest BCUT2D eigenvalue weighted by Crippen LogP contribution is 2.77. The maximum absolute atomic E-state index is 16.0. The smallest absolute Gasteiger partial charge is 0.239 e. The molecule has 2 amide bonds. The molecule has 2 aliphatic carbocycles. The van der Waals surface area contributed by atoms with E-state index in [1.54, 1.807) is 0 Å². The normalized spacial score (nSPS) is 27.8. The molecule has 0 radical (unpaired) electrons. The van der Waals surface area contributed by atoms with Gasteiger partial charge in [0.2, 0.25) is 11.8 Å². The molecule has 9 rings (SSSR count). The quantitative estimate of drug-likeness (QED) is 0.186. The average molecular weight is 610 g/mol. The molecule has 2 saturated carbocycles. The summed E-state index contributed by atoms with van der Waals surface area (Å²) in [5, 5.41) is 1.78. The third-order valence-electron chi connectivity index (χ3n) is 11.2. The molecule has 6 unspecified atom stereocenters. The first-order valence-corrected chi connectivity index (χ1v) is 16.2. The SMILES string of the molecule is O=C1C2C(C(=O)N1c1cccc3ccccc13)C1(c3ccccc3)C(=O)C2(c2ccccc2)C(c2ccccc2)C1c1ccccc1. The van der Waals surface area contributed by atoms with Crippen LogP contribution in [0.3, 0.4) is 0 Å². The van der Waals surface area contributed by atoms with E-state index in [1.165, 1.54) is 4.90 Å². The van der Waals surface area contributed by atoms with E-state index in [0.29, 0.717) is 5.69 Å². The lowest BCUT2D eigenvalue weighted by Gasteiger charge is -2.46. The van der Waals surface area contributed by atoms with Gasteiger partial charge in [-0.1, -0.05) is 158 Å². The maximum atomic E-state index is 16.0. The molecule has 0 N–H and O–H groups in total. The van der Waals surface area contributed by atoms with E-state index in [1.807, 2.05) is 140 Å². The molecular weight excluding hydrogens is 578 g/mol. The number of carbonyl (C=O) groups excluding carboxylic acids is 3. The Kier molecular flexibility index (Phi) is 6.01. The Morgan fingerprint density at radius 3 is 1.30 bits per heavy atom. The van der Waals surface area contributed by atoms with Gasteiger partial charge in [0, 0.05) is 17.2 Å². The lowest BCUT2D eigenvalue weighted by Crippen LogP contribution is -2.49. The minimum Gasteiger partial charge on any atom is -0.298 e. The van der Waals surface area contributed by atoms with Crippen molar-refractivity contribution in [3.63, 3.8) is 0 Å². The molecule has 6 aromatic rings. The van der Waals surface area contributed by atoms with E-state index < -0.39 is 34.5 Å². The van der Waals surface area contributed by atoms with Gasteiger partial charge in [-0.15, -0.1) is 0 Å². The third-order valence-corrected chi connectivity index (χ3v) is 11.2. The van der Waals surface area contributed by atoms with Gasteiger partial charge in [0.25, 0.3) is 0 Å². The molecule has 2 bridgehead atoms. The molecule has 0 aromatic heterocycles. The van der Waals surface area contributed by atoms with Gasteiger partial charge in [-0.05, 0) is 33.7 Å². The van der Waals surface area contributed by atoms with E-state index in [-0.39, 0.29) is 17.6 Å². The number of carbonyl (C=O) groups is 3. The molecule has 3 fully saturated rings. The molecule has 1 heterocycles. The van der Waals surface area contributed by atoms with Gasteiger partial charge in [0.05, 0.1) is 28.4 Å². The predicted octanol–water partition coefficient (Wildman–Crippen LogP) is 7.99. The van der Waals surface area contributed by atoms with Crippen molar-refractivity contribution in [2.75, 3.05) is 4.90 Å². The van der Waals surface area contributed by atoms with Gasteiger partial charge in [-0.3, -0.25) is 14.4 Å². The lowest BCUT2D eigenvalue weighted by atomic mass is 9.52. The van der Waals surface area contributed by atoms with Crippen LogP contribution in [0.5, 0.6) is 0 Å². The van der Waals surface area contributed by atoms with E-state index in [4.69, 9.17) is 0 Å². The van der Waals surface area contributed by atoms with Crippen molar-refractivity contribution in [3.8, 4) is 0 Å². The number of anilines is 1. The van der Waals surface area contributed by atoms with Crippen LogP contribution in [0.4, 0.5) is 5.69 Å². The van der Waals surface area contributed by atoms with Crippen molar-refractivity contribution >= 4 is 34.1 Å². The van der Waals surface area contributed by atoms with Crippen LogP contribution in [0.2, 0.25) is 0 Å².